The number of benzene rings is 2. The van der Waals surface area contributed by atoms with Crippen LogP contribution < -0.4 is 0 Å². The van der Waals surface area contributed by atoms with Crippen LogP contribution in [-0.4, -0.2) is 29.3 Å². The van der Waals surface area contributed by atoms with Crippen molar-refractivity contribution in [1.29, 1.82) is 0 Å². The van der Waals surface area contributed by atoms with Crippen molar-refractivity contribution in [3.05, 3.63) is 77.9 Å². The van der Waals surface area contributed by atoms with E-state index in [-0.39, 0.29) is 6.04 Å². The maximum atomic E-state index is 12.7. The van der Waals surface area contributed by atoms with Crippen LogP contribution in [-0.2, 0) is 10.0 Å². The molecule has 0 radical (unpaired) electrons. The summed E-state index contributed by atoms with van der Waals surface area (Å²) in [6.45, 7) is 1.90. The molecule has 5 nitrogen and oxygen atoms in total. The van der Waals surface area contributed by atoms with Crippen molar-refractivity contribution in [2.45, 2.75) is 17.2 Å². The fraction of sp³-hybridized carbons (Fsp3) is 0.150. The largest absolute Gasteiger partial charge is 0.299 e. The maximum Gasteiger partial charge on any atom is 0.252 e. The van der Waals surface area contributed by atoms with Gasteiger partial charge in [0.05, 0.1) is 11.0 Å². The molecular formula is C20H19N3O2S2. The van der Waals surface area contributed by atoms with Crippen LogP contribution in [0.25, 0.3) is 16.7 Å². The van der Waals surface area contributed by atoms with Crippen LogP contribution in [0.2, 0.25) is 0 Å². The molecule has 2 aromatic carbocycles. The lowest BCUT2D eigenvalue weighted by molar-refractivity contribution is 0.399. The number of nitrogens with zero attached hydrogens (tertiary/aromatic N) is 3. The first-order valence-electron chi connectivity index (χ1n) is 8.52. The van der Waals surface area contributed by atoms with Crippen LogP contribution in [0.4, 0.5) is 0 Å². The molecule has 0 unspecified atom stereocenters. The monoisotopic (exact) mass is 397 g/mol. The fourth-order valence-corrected chi connectivity index (χ4v) is 5.58. The minimum atomic E-state index is -3.49. The third-order valence-electron chi connectivity index (χ3n) is 4.78. The van der Waals surface area contributed by atoms with E-state index in [9.17, 15) is 8.42 Å². The van der Waals surface area contributed by atoms with Crippen molar-refractivity contribution in [3.63, 3.8) is 0 Å². The number of aromatic nitrogens is 2. The van der Waals surface area contributed by atoms with E-state index >= 15 is 0 Å². The number of imidazole rings is 1. The molecule has 0 N–H and O–H groups in total. The first kappa shape index (κ1) is 17.9. The molecule has 0 amide bonds. The van der Waals surface area contributed by atoms with Gasteiger partial charge in [-0.25, -0.2) is 13.4 Å². The molecule has 4 rings (SSSR count). The van der Waals surface area contributed by atoms with Crippen LogP contribution in [0.3, 0.4) is 0 Å². The summed E-state index contributed by atoms with van der Waals surface area (Å²) in [6, 6.07) is 19.0. The Morgan fingerprint density at radius 2 is 1.78 bits per heavy atom. The van der Waals surface area contributed by atoms with Gasteiger partial charge in [0.2, 0.25) is 0 Å². The summed E-state index contributed by atoms with van der Waals surface area (Å²) >= 11 is 1.23. The smallest absolute Gasteiger partial charge is 0.252 e. The van der Waals surface area contributed by atoms with Gasteiger partial charge in [-0.05, 0) is 48.2 Å². The molecule has 0 aliphatic rings. The van der Waals surface area contributed by atoms with Gasteiger partial charge in [-0.1, -0.05) is 30.3 Å². The van der Waals surface area contributed by atoms with E-state index in [0.717, 1.165) is 22.3 Å². The summed E-state index contributed by atoms with van der Waals surface area (Å²) in [5.41, 5.74) is 3.90. The molecule has 2 heterocycles. The lowest BCUT2D eigenvalue weighted by Crippen LogP contribution is -2.29. The predicted octanol–water partition coefficient (Wildman–Crippen LogP) is 4.47. The molecule has 0 fully saturated rings. The Balaban J connectivity index is 1.62. The zero-order valence-electron chi connectivity index (χ0n) is 15.0. The first-order chi connectivity index (χ1) is 13.0. The normalized spacial score (nSPS) is 13.3. The molecule has 4 aromatic rings. The van der Waals surface area contributed by atoms with Crippen LogP contribution in [0.1, 0.15) is 18.5 Å². The Kier molecular flexibility index (Phi) is 4.59. The molecule has 1 atom stereocenters. The van der Waals surface area contributed by atoms with Crippen LogP contribution in [0.15, 0.2) is 76.6 Å². The van der Waals surface area contributed by atoms with E-state index in [1.807, 2.05) is 60.0 Å². The van der Waals surface area contributed by atoms with Crippen molar-refractivity contribution >= 4 is 32.4 Å². The first-order valence-corrected chi connectivity index (χ1v) is 10.8. The molecule has 0 saturated carbocycles. The summed E-state index contributed by atoms with van der Waals surface area (Å²) in [6.07, 6.45) is 1.80. The van der Waals surface area contributed by atoms with Crippen LogP contribution in [0.5, 0.6) is 0 Å². The number of hydrogen-bond acceptors (Lipinski definition) is 4. The number of fused-ring (bicyclic) bond motifs is 1. The maximum absolute atomic E-state index is 12.7. The number of sulfonamides is 1. The number of rotatable bonds is 5. The summed E-state index contributed by atoms with van der Waals surface area (Å²) in [4.78, 5) is 4.42. The van der Waals surface area contributed by atoms with Gasteiger partial charge in [-0.3, -0.25) is 4.57 Å². The molecule has 0 spiro atoms. The van der Waals surface area contributed by atoms with Crippen LogP contribution in [0, 0.1) is 0 Å². The highest BCUT2D eigenvalue weighted by Gasteiger charge is 2.27. The summed E-state index contributed by atoms with van der Waals surface area (Å²) < 4.78 is 29.3. The van der Waals surface area contributed by atoms with E-state index in [1.54, 1.807) is 30.9 Å². The zero-order valence-corrected chi connectivity index (χ0v) is 16.6. The van der Waals surface area contributed by atoms with Gasteiger partial charge in [-0.2, -0.15) is 4.31 Å². The van der Waals surface area contributed by atoms with Gasteiger partial charge < -0.3 is 0 Å². The number of para-hydroxylation sites is 2. The second-order valence-electron chi connectivity index (χ2n) is 6.32. The predicted molar refractivity (Wildman–Crippen MR) is 109 cm³/mol. The molecule has 2 aromatic heterocycles. The fourth-order valence-electron chi connectivity index (χ4n) is 3.05. The minimum absolute atomic E-state index is 0.273. The van der Waals surface area contributed by atoms with E-state index in [4.69, 9.17) is 0 Å². The summed E-state index contributed by atoms with van der Waals surface area (Å²) in [5.74, 6) is 0. The van der Waals surface area contributed by atoms with Crippen molar-refractivity contribution in [2.75, 3.05) is 7.05 Å². The van der Waals surface area contributed by atoms with Gasteiger partial charge in [0.15, 0.2) is 0 Å². The third-order valence-corrected chi connectivity index (χ3v) is 8.08. The van der Waals surface area contributed by atoms with Gasteiger partial charge in [0, 0.05) is 18.8 Å². The molecule has 0 aliphatic heterocycles. The average Bonchev–Trinajstić information content (AvgIpc) is 3.37. The van der Waals surface area contributed by atoms with Crippen molar-refractivity contribution in [2.24, 2.45) is 0 Å². The summed E-state index contributed by atoms with van der Waals surface area (Å²) in [7, 11) is -1.87. The molecule has 138 valence electrons. The lowest BCUT2D eigenvalue weighted by atomic mass is 10.1. The topological polar surface area (TPSA) is 55.2 Å². The molecule has 27 heavy (non-hydrogen) atoms. The molecule has 0 aliphatic carbocycles. The zero-order chi connectivity index (χ0) is 19.0. The standard InChI is InChI=1S/C20H19N3O2S2/c1-15(22(2)27(24,25)20-8-5-13-26-20)16-9-11-17(12-10-16)23-14-21-18-6-3-4-7-19(18)23/h3-15H,1-2H3/t15-/m1/s1. The molecule has 7 heteroatoms. The molecular weight excluding hydrogens is 378 g/mol. The van der Waals surface area contributed by atoms with E-state index in [1.165, 1.54) is 15.6 Å². The van der Waals surface area contributed by atoms with Crippen molar-refractivity contribution < 1.29 is 8.42 Å². The summed E-state index contributed by atoms with van der Waals surface area (Å²) in [5, 5.41) is 1.77. The lowest BCUT2D eigenvalue weighted by Gasteiger charge is -2.24. The quantitative estimate of drug-likeness (QED) is 0.499. The number of thiophene rings is 1. The van der Waals surface area contributed by atoms with Crippen molar-refractivity contribution in [3.8, 4) is 5.69 Å². The van der Waals surface area contributed by atoms with E-state index in [2.05, 4.69) is 4.98 Å². The Hall–Kier alpha value is -2.48. The third kappa shape index (κ3) is 3.18. The molecule has 0 bridgehead atoms. The highest BCUT2D eigenvalue weighted by Crippen LogP contribution is 2.28. The Labute approximate surface area is 162 Å². The van der Waals surface area contributed by atoms with Gasteiger partial charge >= 0.3 is 0 Å². The van der Waals surface area contributed by atoms with Gasteiger partial charge in [0.25, 0.3) is 10.0 Å². The average molecular weight is 398 g/mol. The van der Waals surface area contributed by atoms with Gasteiger partial charge in [0.1, 0.15) is 10.5 Å². The Morgan fingerprint density at radius 3 is 2.48 bits per heavy atom. The van der Waals surface area contributed by atoms with Crippen molar-refractivity contribution in [1.82, 2.24) is 13.9 Å². The second-order valence-corrected chi connectivity index (χ2v) is 9.50. The number of hydrogen-bond donors (Lipinski definition) is 0. The highest BCUT2D eigenvalue weighted by molar-refractivity contribution is 7.91. The Morgan fingerprint density at radius 1 is 1.04 bits per heavy atom. The highest BCUT2D eigenvalue weighted by atomic mass is 32.2. The SMILES string of the molecule is C[C@H](c1ccc(-n2cnc3ccccc32)cc1)N(C)S(=O)(=O)c1cccs1. The van der Waals surface area contributed by atoms with Gasteiger partial charge in [-0.15, -0.1) is 11.3 Å². The minimum Gasteiger partial charge on any atom is -0.299 e. The Bertz CT molecular complexity index is 1160. The van der Waals surface area contributed by atoms with E-state index in [0.29, 0.717) is 4.21 Å². The van der Waals surface area contributed by atoms with Crippen LogP contribution >= 0.6 is 11.3 Å². The second kappa shape index (κ2) is 6.92. The molecule has 0 saturated heterocycles. The van der Waals surface area contributed by atoms with E-state index < -0.39 is 10.0 Å².